The predicted molar refractivity (Wildman–Crippen MR) is 143 cm³/mol. The van der Waals surface area contributed by atoms with Crippen LogP contribution in [-0.2, 0) is 29.0 Å². The Morgan fingerprint density at radius 3 is 2.17 bits per heavy atom. The summed E-state index contributed by atoms with van der Waals surface area (Å²) in [6.07, 6.45) is 5.90. The maximum atomic E-state index is 13.6. The number of nitrogens with zero attached hydrogens (tertiary/aromatic N) is 2. The second-order valence-electron chi connectivity index (χ2n) is 9.65. The first kappa shape index (κ1) is 23.9. The van der Waals surface area contributed by atoms with E-state index in [4.69, 9.17) is 0 Å². The number of rotatable bonds is 11. The molecule has 36 heavy (non-hydrogen) atoms. The molecule has 0 radical (unpaired) electrons. The van der Waals surface area contributed by atoms with E-state index in [1.807, 2.05) is 76.7 Å². The molecule has 0 atom stereocenters. The number of aromatic amines is 1. The largest absolute Gasteiger partial charge is 0.361 e. The molecular formula is C31H33N3O2. The summed E-state index contributed by atoms with van der Waals surface area (Å²) in [5.41, 5.74) is 4.56. The third-order valence-corrected chi connectivity index (χ3v) is 6.98. The summed E-state index contributed by atoms with van der Waals surface area (Å²) in [4.78, 5) is 33.8. The van der Waals surface area contributed by atoms with Crippen LogP contribution in [-0.4, -0.2) is 45.7 Å². The van der Waals surface area contributed by atoms with E-state index in [9.17, 15) is 9.59 Å². The Balaban J connectivity index is 1.27. The Kier molecular flexibility index (Phi) is 7.46. The number of hydrogen-bond acceptors (Lipinski definition) is 2. The van der Waals surface area contributed by atoms with E-state index in [2.05, 4.69) is 29.2 Å². The number of carbonyl (C=O) groups is 2. The second kappa shape index (κ2) is 11.3. The maximum absolute atomic E-state index is 13.6. The van der Waals surface area contributed by atoms with Gasteiger partial charge in [0, 0.05) is 42.7 Å². The highest BCUT2D eigenvalue weighted by molar-refractivity contribution is 5.86. The maximum Gasteiger partial charge on any atom is 0.242 e. The Labute approximate surface area is 212 Å². The van der Waals surface area contributed by atoms with Crippen LogP contribution in [0.2, 0.25) is 0 Å². The number of nitrogens with one attached hydrogen (secondary N) is 1. The molecule has 2 amide bonds. The van der Waals surface area contributed by atoms with Gasteiger partial charge in [-0.25, -0.2) is 0 Å². The fourth-order valence-electron chi connectivity index (χ4n) is 4.78. The monoisotopic (exact) mass is 479 g/mol. The van der Waals surface area contributed by atoms with Gasteiger partial charge in [-0.05, 0) is 48.4 Å². The van der Waals surface area contributed by atoms with Gasteiger partial charge in [0.05, 0.1) is 0 Å². The quantitative estimate of drug-likeness (QED) is 0.315. The summed E-state index contributed by atoms with van der Waals surface area (Å²) in [5.74, 6) is 0.0876. The molecule has 3 aromatic carbocycles. The first-order valence-electron chi connectivity index (χ1n) is 12.9. The third kappa shape index (κ3) is 6.03. The zero-order chi connectivity index (χ0) is 24.7. The Hall–Kier alpha value is -3.86. The summed E-state index contributed by atoms with van der Waals surface area (Å²) in [5, 5.41) is 1.19. The van der Waals surface area contributed by atoms with Crippen molar-refractivity contribution in [3.63, 3.8) is 0 Å². The molecule has 0 aliphatic heterocycles. The van der Waals surface area contributed by atoms with Crippen molar-refractivity contribution >= 4 is 22.7 Å². The lowest BCUT2D eigenvalue weighted by molar-refractivity contribution is -0.141. The molecular weight excluding hydrogens is 446 g/mol. The van der Waals surface area contributed by atoms with E-state index in [-0.39, 0.29) is 24.4 Å². The number of benzene rings is 3. The van der Waals surface area contributed by atoms with Gasteiger partial charge in [0.2, 0.25) is 11.8 Å². The predicted octanol–water partition coefficient (Wildman–Crippen LogP) is 5.36. The molecule has 184 valence electrons. The molecule has 5 rings (SSSR count). The van der Waals surface area contributed by atoms with E-state index >= 15 is 0 Å². The SMILES string of the molecule is O=C(CN(C(=O)CCc1ccccc1)C1CC1)N(CCc1c[nH]c2ccccc12)Cc1ccccc1. The number of H-pyrrole nitrogens is 1. The molecule has 1 aromatic heterocycles. The summed E-state index contributed by atoms with van der Waals surface area (Å²) in [6.45, 7) is 1.30. The summed E-state index contributed by atoms with van der Waals surface area (Å²) in [6, 6.07) is 28.6. The highest BCUT2D eigenvalue weighted by Gasteiger charge is 2.34. The average Bonchev–Trinajstić information content (AvgIpc) is 3.68. The Morgan fingerprint density at radius 2 is 1.44 bits per heavy atom. The molecule has 1 N–H and O–H groups in total. The molecule has 1 heterocycles. The van der Waals surface area contributed by atoms with Gasteiger partial charge in [-0.3, -0.25) is 9.59 Å². The number of amides is 2. The van der Waals surface area contributed by atoms with Gasteiger partial charge >= 0.3 is 0 Å². The number of aromatic nitrogens is 1. The van der Waals surface area contributed by atoms with Crippen molar-refractivity contribution in [2.75, 3.05) is 13.1 Å². The summed E-state index contributed by atoms with van der Waals surface area (Å²) >= 11 is 0. The van der Waals surface area contributed by atoms with Crippen LogP contribution in [0.3, 0.4) is 0 Å². The van der Waals surface area contributed by atoms with Crippen molar-refractivity contribution in [1.29, 1.82) is 0 Å². The van der Waals surface area contributed by atoms with Crippen molar-refractivity contribution in [3.8, 4) is 0 Å². The number of hydrogen-bond donors (Lipinski definition) is 1. The lowest BCUT2D eigenvalue weighted by Crippen LogP contribution is -2.44. The van der Waals surface area contributed by atoms with Gasteiger partial charge in [-0.1, -0.05) is 78.9 Å². The fraction of sp³-hybridized carbons (Fsp3) is 0.290. The van der Waals surface area contributed by atoms with Crippen LogP contribution >= 0.6 is 0 Å². The number of carbonyl (C=O) groups excluding carboxylic acids is 2. The minimum absolute atomic E-state index is 0.0126. The van der Waals surface area contributed by atoms with Crippen molar-refractivity contribution in [2.45, 2.75) is 44.7 Å². The van der Waals surface area contributed by atoms with Crippen LogP contribution in [0.15, 0.2) is 91.1 Å². The molecule has 1 fully saturated rings. The molecule has 1 aliphatic rings. The van der Waals surface area contributed by atoms with E-state index in [0.29, 0.717) is 25.9 Å². The van der Waals surface area contributed by atoms with Gasteiger partial charge in [-0.2, -0.15) is 0 Å². The first-order chi connectivity index (χ1) is 17.7. The molecule has 0 saturated heterocycles. The van der Waals surface area contributed by atoms with Crippen LogP contribution in [0, 0.1) is 0 Å². The molecule has 1 aliphatic carbocycles. The highest BCUT2D eigenvalue weighted by atomic mass is 16.2. The standard InChI is InChI=1S/C31H33N3O2/c35-30(18-15-24-9-3-1-4-10-24)34(27-16-17-27)23-31(36)33(22-25-11-5-2-6-12-25)20-19-26-21-32-29-14-8-7-13-28(26)29/h1-14,21,27,32H,15-20,22-23H2. The van der Waals surface area contributed by atoms with Crippen molar-refractivity contribution < 1.29 is 9.59 Å². The minimum atomic E-state index is 0.0126. The van der Waals surface area contributed by atoms with E-state index in [0.717, 1.165) is 35.9 Å². The topological polar surface area (TPSA) is 56.4 Å². The first-order valence-corrected chi connectivity index (χ1v) is 12.9. The van der Waals surface area contributed by atoms with Crippen LogP contribution in [0.25, 0.3) is 10.9 Å². The average molecular weight is 480 g/mol. The molecule has 0 unspecified atom stereocenters. The molecule has 0 bridgehead atoms. The Bertz CT molecular complexity index is 1300. The minimum Gasteiger partial charge on any atom is -0.361 e. The van der Waals surface area contributed by atoms with E-state index < -0.39 is 0 Å². The zero-order valence-corrected chi connectivity index (χ0v) is 20.6. The lowest BCUT2D eigenvalue weighted by Gasteiger charge is -2.28. The molecule has 5 nitrogen and oxygen atoms in total. The second-order valence-corrected chi connectivity index (χ2v) is 9.65. The smallest absolute Gasteiger partial charge is 0.242 e. The highest BCUT2D eigenvalue weighted by Crippen LogP contribution is 2.28. The molecule has 5 heteroatoms. The normalized spacial score (nSPS) is 13.0. The summed E-state index contributed by atoms with van der Waals surface area (Å²) in [7, 11) is 0. The third-order valence-electron chi connectivity index (χ3n) is 6.98. The van der Waals surface area contributed by atoms with Crippen LogP contribution in [0.1, 0.15) is 36.0 Å². The van der Waals surface area contributed by atoms with Crippen LogP contribution < -0.4 is 0 Å². The van der Waals surface area contributed by atoms with Crippen molar-refractivity contribution in [1.82, 2.24) is 14.8 Å². The molecule has 1 saturated carbocycles. The lowest BCUT2D eigenvalue weighted by atomic mass is 10.1. The fourth-order valence-corrected chi connectivity index (χ4v) is 4.78. The van der Waals surface area contributed by atoms with Gasteiger partial charge in [-0.15, -0.1) is 0 Å². The number of aryl methyl sites for hydroxylation is 1. The van der Waals surface area contributed by atoms with E-state index in [1.165, 1.54) is 10.9 Å². The van der Waals surface area contributed by atoms with Crippen LogP contribution in [0.4, 0.5) is 0 Å². The van der Waals surface area contributed by atoms with E-state index in [1.54, 1.807) is 0 Å². The number of fused-ring (bicyclic) bond motifs is 1. The van der Waals surface area contributed by atoms with Crippen molar-refractivity contribution in [3.05, 3.63) is 108 Å². The zero-order valence-electron chi connectivity index (χ0n) is 20.6. The molecule has 0 spiro atoms. The van der Waals surface area contributed by atoms with Gasteiger partial charge < -0.3 is 14.8 Å². The molecule has 4 aromatic rings. The van der Waals surface area contributed by atoms with Crippen LogP contribution in [0.5, 0.6) is 0 Å². The number of para-hydroxylation sites is 1. The summed E-state index contributed by atoms with van der Waals surface area (Å²) < 4.78 is 0. The van der Waals surface area contributed by atoms with Gasteiger partial charge in [0.25, 0.3) is 0 Å². The Morgan fingerprint density at radius 1 is 0.778 bits per heavy atom. The van der Waals surface area contributed by atoms with Gasteiger partial charge in [0.15, 0.2) is 0 Å². The van der Waals surface area contributed by atoms with Crippen molar-refractivity contribution in [2.24, 2.45) is 0 Å². The van der Waals surface area contributed by atoms with Gasteiger partial charge in [0.1, 0.15) is 6.54 Å².